The minimum absolute atomic E-state index is 0.163. The molecule has 1 N–H and O–H groups in total. The van der Waals surface area contributed by atoms with Crippen LogP contribution < -0.4 is 10.2 Å². The highest BCUT2D eigenvalue weighted by molar-refractivity contribution is 7.12. The maximum Gasteiger partial charge on any atom is 0.329 e. The monoisotopic (exact) mass is 386 g/mol. The normalized spacial score (nSPS) is 14.0. The van der Waals surface area contributed by atoms with Crippen molar-refractivity contribution in [3.05, 3.63) is 52.2 Å². The number of thiophene rings is 1. The number of ether oxygens (including phenoxy) is 1. The van der Waals surface area contributed by atoms with Gasteiger partial charge in [0.15, 0.2) is 6.61 Å². The Labute approximate surface area is 162 Å². The molecule has 1 aromatic heterocycles. The molecule has 0 aliphatic carbocycles. The lowest BCUT2D eigenvalue weighted by atomic mass is 10.0. The largest absolute Gasteiger partial charge is 0.454 e. The Morgan fingerprint density at radius 3 is 2.67 bits per heavy atom. The van der Waals surface area contributed by atoms with Gasteiger partial charge in [-0.15, -0.1) is 11.3 Å². The summed E-state index contributed by atoms with van der Waals surface area (Å²) >= 11 is 1.30. The van der Waals surface area contributed by atoms with Gasteiger partial charge in [-0.2, -0.15) is 0 Å². The molecule has 0 radical (unpaired) electrons. The first-order valence-corrected chi connectivity index (χ1v) is 9.74. The zero-order chi connectivity index (χ0) is 19.4. The van der Waals surface area contributed by atoms with E-state index >= 15 is 0 Å². The van der Waals surface area contributed by atoms with Crippen molar-refractivity contribution in [3.8, 4) is 0 Å². The molecule has 0 bridgehead atoms. The van der Waals surface area contributed by atoms with Crippen LogP contribution in [0.2, 0.25) is 0 Å². The lowest BCUT2D eigenvalue weighted by Crippen LogP contribution is -2.46. The highest BCUT2D eigenvalue weighted by atomic mass is 32.1. The van der Waals surface area contributed by atoms with Gasteiger partial charge in [0.25, 0.3) is 11.8 Å². The first kappa shape index (κ1) is 19.1. The third kappa shape index (κ3) is 4.36. The number of fused-ring (bicyclic) bond motifs is 1. The van der Waals surface area contributed by atoms with Crippen molar-refractivity contribution >= 4 is 34.8 Å². The van der Waals surface area contributed by atoms with Gasteiger partial charge >= 0.3 is 5.97 Å². The summed E-state index contributed by atoms with van der Waals surface area (Å²) in [6.45, 7) is 3.88. The Morgan fingerprint density at radius 2 is 1.96 bits per heavy atom. The first-order chi connectivity index (χ1) is 13.0. The summed E-state index contributed by atoms with van der Waals surface area (Å²) in [6, 6.07) is 10.4. The Bertz CT molecular complexity index is 832. The van der Waals surface area contributed by atoms with Crippen LogP contribution in [0.25, 0.3) is 0 Å². The van der Waals surface area contributed by atoms with Crippen molar-refractivity contribution in [2.45, 2.75) is 26.3 Å². The molecule has 1 aliphatic heterocycles. The van der Waals surface area contributed by atoms with E-state index in [4.69, 9.17) is 4.74 Å². The van der Waals surface area contributed by atoms with Crippen molar-refractivity contribution < 1.29 is 19.1 Å². The highest BCUT2D eigenvalue weighted by Gasteiger charge is 2.29. The van der Waals surface area contributed by atoms with Crippen LogP contribution in [-0.4, -0.2) is 37.0 Å². The lowest BCUT2D eigenvalue weighted by molar-refractivity contribution is -0.150. The summed E-state index contributed by atoms with van der Waals surface area (Å²) in [6.07, 6.45) is 0.793. The number of para-hydroxylation sites is 1. The fourth-order valence-electron chi connectivity index (χ4n) is 3.02. The van der Waals surface area contributed by atoms with E-state index in [-0.39, 0.29) is 24.3 Å². The van der Waals surface area contributed by atoms with Gasteiger partial charge < -0.3 is 15.0 Å². The number of rotatable bonds is 6. The molecule has 142 valence electrons. The van der Waals surface area contributed by atoms with E-state index in [2.05, 4.69) is 5.32 Å². The third-order valence-electron chi connectivity index (χ3n) is 4.48. The van der Waals surface area contributed by atoms with Crippen LogP contribution in [0.15, 0.2) is 41.8 Å². The average molecular weight is 386 g/mol. The van der Waals surface area contributed by atoms with E-state index < -0.39 is 12.0 Å². The van der Waals surface area contributed by atoms with Gasteiger partial charge in [-0.25, -0.2) is 4.79 Å². The second-order valence-electron chi connectivity index (χ2n) is 6.70. The molecule has 0 fully saturated rings. The SMILES string of the molecule is CC(C)[C@@H](NC(=O)c1cccs1)C(=O)OCC(=O)N1CCc2ccccc21. The summed E-state index contributed by atoms with van der Waals surface area (Å²) in [5.74, 6) is -1.35. The smallest absolute Gasteiger partial charge is 0.329 e. The summed E-state index contributed by atoms with van der Waals surface area (Å²) in [7, 11) is 0. The summed E-state index contributed by atoms with van der Waals surface area (Å²) in [4.78, 5) is 39.3. The molecule has 2 amide bonds. The zero-order valence-corrected chi connectivity index (χ0v) is 16.1. The van der Waals surface area contributed by atoms with Crippen molar-refractivity contribution in [2.24, 2.45) is 5.92 Å². The molecule has 0 unspecified atom stereocenters. The lowest BCUT2D eigenvalue weighted by Gasteiger charge is -2.22. The van der Waals surface area contributed by atoms with Crippen LogP contribution in [0.1, 0.15) is 29.1 Å². The zero-order valence-electron chi connectivity index (χ0n) is 15.3. The van der Waals surface area contributed by atoms with Crippen LogP contribution in [0.3, 0.4) is 0 Å². The number of anilines is 1. The maximum absolute atomic E-state index is 12.5. The van der Waals surface area contributed by atoms with Gasteiger partial charge in [0, 0.05) is 12.2 Å². The predicted molar refractivity (Wildman–Crippen MR) is 104 cm³/mol. The molecular formula is C20H22N2O4S. The Kier molecular flexibility index (Phi) is 5.91. The minimum atomic E-state index is -0.807. The number of esters is 1. The fraction of sp³-hybridized carbons (Fsp3) is 0.350. The standard InChI is InChI=1S/C20H22N2O4S/c1-13(2)18(21-19(24)16-8-5-11-27-16)20(25)26-12-17(23)22-10-9-14-6-3-4-7-15(14)22/h3-8,11,13,18H,9-10,12H2,1-2H3,(H,21,24)/t18-/m1/s1. The van der Waals surface area contributed by atoms with Gasteiger partial charge in [0.05, 0.1) is 4.88 Å². The number of carbonyl (C=O) groups excluding carboxylic acids is 3. The van der Waals surface area contributed by atoms with E-state index in [1.54, 1.807) is 22.4 Å². The second-order valence-corrected chi connectivity index (χ2v) is 7.65. The molecule has 27 heavy (non-hydrogen) atoms. The molecule has 7 heteroatoms. The minimum Gasteiger partial charge on any atom is -0.454 e. The summed E-state index contributed by atoms with van der Waals surface area (Å²) in [5.41, 5.74) is 1.98. The quantitative estimate of drug-likeness (QED) is 0.775. The number of amides is 2. The highest BCUT2D eigenvalue weighted by Crippen LogP contribution is 2.27. The predicted octanol–water partition coefficient (Wildman–Crippen LogP) is 2.64. The number of nitrogens with zero attached hydrogens (tertiary/aromatic N) is 1. The number of nitrogens with one attached hydrogen (secondary N) is 1. The molecule has 0 saturated carbocycles. The topological polar surface area (TPSA) is 75.7 Å². The van der Waals surface area contributed by atoms with Gasteiger partial charge in [-0.05, 0) is 35.4 Å². The number of hydrogen-bond donors (Lipinski definition) is 1. The van der Waals surface area contributed by atoms with Crippen molar-refractivity contribution in [3.63, 3.8) is 0 Å². The number of carbonyl (C=O) groups is 3. The molecule has 1 aliphatic rings. The Morgan fingerprint density at radius 1 is 1.19 bits per heavy atom. The van der Waals surface area contributed by atoms with Gasteiger partial charge in [-0.3, -0.25) is 9.59 Å². The van der Waals surface area contributed by atoms with Crippen LogP contribution >= 0.6 is 11.3 Å². The molecule has 2 heterocycles. The Hall–Kier alpha value is -2.67. The van der Waals surface area contributed by atoms with Crippen LogP contribution in [0.5, 0.6) is 0 Å². The average Bonchev–Trinajstić information content (AvgIpc) is 3.33. The van der Waals surface area contributed by atoms with E-state index in [1.807, 2.05) is 38.1 Å². The van der Waals surface area contributed by atoms with Gasteiger partial charge in [0.2, 0.25) is 0 Å². The number of benzene rings is 1. The third-order valence-corrected chi connectivity index (χ3v) is 5.35. The van der Waals surface area contributed by atoms with E-state index in [0.717, 1.165) is 17.7 Å². The van der Waals surface area contributed by atoms with E-state index in [0.29, 0.717) is 11.4 Å². The van der Waals surface area contributed by atoms with Crippen LogP contribution in [-0.2, 0) is 20.7 Å². The Balaban J connectivity index is 1.58. The van der Waals surface area contributed by atoms with Gasteiger partial charge in [-0.1, -0.05) is 38.1 Å². The number of hydrogen-bond acceptors (Lipinski definition) is 5. The van der Waals surface area contributed by atoms with Crippen molar-refractivity contribution in [1.29, 1.82) is 0 Å². The van der Waals surface area contributed by atoms with E-state index in [9.17, 15) is 14.4 Å². The molecule has 3 rings (SSSR count). The molecular weight excluding hydrogens is 364 g/mol. The molecule has 1 atom stereocenters. The molecule has 6 nitrogen and oxygen atoms in total. The van der Waals surface area contributed by atoms with Crippen LogP contribution in [0.4, 0.5) is 5.69 Å². The van der Waals surface area contributed by atoms with Crippen molar-refractivity contribution in [1.82, 2.24) is 5.32 Å². The van der Waals surface area contributed by atoms with Crippen molar-refractivity contribution in [2.75, 3.05) is 18.1 Å². The maximum atomic E-state index is 12.5. The molecule has 1 aromatic carbocycles. The molecule has 0 saturated heterocycles. The van der Waals surface area contributed by atoms with Crippen LogP contribution in [0, 0.1) is 5.92 Å². The summed E-state index contributed by atoms with van der Waals surface area (Å²) in [5, 5.41) is 4.50. The second kappa shape index (κ2) is 8.35. The fourth-order valence-corrected chi connectivity index (χ4v) is 3.64. The summed E-state index contributed by atoms with van der Waals surface area (Å²) < 4.78 is 5.23. The van der Waals surface area contributed by atoms with E-state index in [1.165, 1.54) is 11.3 Å². The molecule has 0 spiro atoms. The van der Waals surface area contributed by atoms with Gasteiger partial charge in [0.1, 0.15) is 6.04 Å². The first-order valence-electron chi connectivity index (χ1n) is 8.86. The molecule has 2 aromatic rings.